The Morgan fingerprint density at radius 2 is 1.95 bits per heavy atom. The third-order valence-corrected chi connectivity index (χ3v) is 4.55. The fraction of sp³-hybridized carbons (Fsp3) is 0.214. The number of aryl methyl sites for hydroxylation is 1. The SMILES string of the molecule is CCc1cc(F)ccc1-c1nc(Br)cc(Br)c1CBr. The Morgan fingerprint density at radius 1 is 1.21 bits per heavy atom. The van der Waals surface area contributed by atoms with Crippen LogP contribution in [0.3, 0.4) is 0 Å². The Bertz CT molecular complexity index is 614. The van der Waals surface area contributed by atoms with Crippen LogP contribution in [0.4, 0.5) is 4.39 Å². The van der Waals surface area contributed by atoms with Crippen molar-refractivity contribution in [2.45, 2.75) is 18.7 Å². The van der Waals surface area contributed by atoms with Gasteiger partial charge < -0.3 is 0 Å². The highest BCUT2D eigenvalue weighted by Gasteiger charge is 2.14. The Labute approximate surface area is 137 Å². The number of hydrogen-bond donors (Lipinski definition) is 0. The molecule has 0 radical (unpaired) electrons. The molecule has 0 saturated carbocycles. The molecule has 1 aromatic heterocycles. The molecular weight excluding hydrogens is 441 g/mol. The van der Waals surface area contributed by atoms with Gasteiger partial charge in [0.05, 0.1) is 5.69 Å². The van der Waals surface area contributed by atoms with Crippen molar-refractivity contribution in [1.82, 2.24) is 4.98 Å². The number of nitrogens with zero attached hydrogens (tertiary/aromatic N) is 1. The highest BCUT2D eigenvalue weighted by Crippen LogP contribution is 2.34. The Morgan fingerprint density at radius 3 is 2.58 bits per heavy atom. The summed E-state index contributed by atoms with van der Waals surface area (Å²) in [7, 11) is 0. The van der Waals surface area contributed by atoms with E-state index in [0.717, 1.165) is 37.9 Å². The van der Waals surface area contributed by atoms with Gasteiger partial charge in [-0.15, -0.1) is 0 Å². The average Bonchev–Trinajstić information content (AvgIpc) is 2.37. The van der Waals surface area contributed by atoms with E-state index in [2.05, 4.69) is 52.8 Å². The van der Waals surface area contributed by atoms with Gasteiger partial charge in [0.15, 0.2) is 0 Å². The quantitative estimate of drug-likeness (QED) is 0.420. The molecule has 5 heteroatoms. The van der Waals surface area contributed by atoms with E-state index >= 15 is 0 Å². The first-order valence-corrected chi connectivity index (χ1v) is 8.47. The van der Waals surface area contributed by atoms with E-state index in [-0.39, 0.29) is 5.82 Å². The largest absolute Gasteiger partial charge is 0.240 e. The average molecular weight is 452 g/mol. The van der Waals surface area contributed by atoms with Crippen LogP contribution in [-0.2, 0) is 11.8 Å². The number of aromatic nitrogens is 1. The first-order chi connectivity index (χ1) is 9.06. The van der Waals surface area contributed by atoms with Gasteiger partial charge in [-0.2, -0.15) is 0 Å². The summed E-state index contributed by atoms with van der Waals surface area (Å²) in [6.07, 6.45) is 0.765. The number of rotatable bonds is 3. The van der Waals surface area contributed by atoms with Crippen molar-refractivity contribution in [1.29, 1.82) is 0 Å². The van der Waals surface area contributed by atoms with Crippen LogP contribution in [0.25, 0.3) is 11.3 Å². The Kier molecular flexibility index (Phi) is 5.15. The van der Waals surface area contributed by atoms with Crippen LogP contribution in [0.15, 0.2) is 33.3 Å². The predicted octanol–water partition coefficient (Wildman–Crippen LogP) is 5.87. The van der Waals surface area contributed by atoms with E-state index in [1.54, 1.807) is 12.1 Å². The van der Waals surface area contributed by atoms with Gasteiger partial charge in [-0.1, -0.05) is 38.8 Å². The van der Waals surface area contributed by atoms with Crippen LogP contribution in [-0.4, -0.2) is 4.98 Å². The predicted molar refractivity (Wildman–Crippen MR) is 87.0 cm³/mol. The lowest BCUT2D eigenvalue weighted by Gasteiger charge is -2.13. The normalized spacial score (nSPS) is 10.8. The molecule has 0 spiro atoms. The maximum atomic E-state index is 13.3. The van der Waals surface area contributed by atoms with Crippen molar-refractivity contribution >= 4 is 47.8 Å². The molecule has 0 amide bonds. The van der Waals surface area contributed by atoms with E-state index in [1.807, 2.05) is 13.0 Å². The minimum atomic E-state index is -0.213. The lowest BCUT2D eigenvalue weighted by Crippen LogP contribution is -1.97. The summed E-state index contributed by atoms with van der Waals surface area (Å²) in [6, 6.07) is 6.75. The van der Waals surface area contributed by atoms with Crippen molar-refractivity contribution in [3.63, 3.8) is 0 Å². The molecule has 0 bridgehead atoms. The van der Waals surface area contributed by atoms with Gasteiger partial charge >= 0.3 is 0 Å². The Hall–Kier alpha value is -0.260. The zero-order valence-electron chi connectivity index (χ0n) is 10.2. The molecule has 0 N–H and O–H groups in total. The third kappa shape index (κ3) is 3.26. The van der Waals surface area contributed by atoms with Crippen molar-refractivity contribution in [3.05, 3.63) is 50.3 Å². The molecule has 19 heavy (non-hydrogen) atoms. The molecule has 1 heterocycles. The molecular formula is C14H11Br3FN. The van der Waals surface area contributed by atoms with Crippen LogP contribution in [0, 0.1) is 5.82 Å². The molecule has 0 aliphatic heterocycles. The summed E-state index contributed by atoms with van der Waals surface area (Å²) in [5.41, 5.74) is 3.86. The molecule has 0 fully saturated rings. The van der Waals surface area contributed by atoms with Crippen LogP contribution in [0.2, 0.25) is 0 Å². The van der Waals surface area contributed by atoms with Crippen molar-refractivity contribution < 1.29 is 4.39 Å². The standard InChI is InChI=1S/C14H11Br3FN/c1-2-8-5-9(18)3-4-10(8)14-11(7-15)12(16)6-13(17)19-14/h3-6H,2,7H2,1H3. The zero-order valence-corrected chi connectivity index (χ0v) is 14.9. The number of hydrogen-bond acceptors (Lipinski definition) is 1. The highest BCUT2D eigenvalue weighted by atomic mass is 79.9. The van der Waals surface area contributed by atoms with E-state index in [9.17, 15) is 4.39 Å². The van der Waals surface area contributed by atoms with Gasteiger partial charge in [0.25, 0.3) is 0 Å². The van der Waals surface area contributed by atoms with Crippen LogP contribution in [0.5, 0.6) is 0 Å². The minimum Gasteiger partial charge on any atom is -0.240 e. The van der Waals surface area contributed by atoms with Crippen molar-refractivity contribution in [2.75, 3.05) is 0 Å². The third-order valence-electron chi connectivity index (χ3n) is 2.88. The molecule has 0 atom stereocenters. The van der Waals surface area contributed by atoms with E-state index in [4.69, 9.17) is 0 Å². The van der Waals surface area contributed by atoms with Crippen molar-refractivity contribution in [3.8, 4) is 11.3 Å². The van der Waals surface area contributed by atoms with Crippen LogP contribution in [0.1, 0.15) is 18.1 Å². The second-order valence-corrected chi connectivity index (χ2v) is 6.27. The topological polar surface area (TPSA) is 12.9 Å². The van der Waals surface area contributed by atoms with Crippen LogP contribution < -0.4 is 0 Å². The summed E-state index contributed by atoms with van der Waals surface area (Å²) in [4.78, 5) is 4.55. The number of halogens is 4. The van der Waals surface area contributed by atoms with Gasteiger partial charge in [0, 0.05) is 20.9 Å². The second kappa shape index (κ2) is 6.46. The Balaban J connectivity index is 2.71. The van der Waals surface area contributed by atoms with Gasteiger partial charge in [0.2, 0.25) is 0 Å². The second-order valence-electron chi connectivity index (χ2n) is 4.04. The summed E-state index contributed by atoms with van der Waals surface area (Å²) < 4.78 is 15.1. The lowest BCUT2D eigenvalue weighted by molar-refractivity contribution is 0.626. The monoisotopic (exact) mass is 449 g/mol. The maximum absolute atomic E-state index is 13.3. The lowest BCUT2D eigenvalue weighted by atomic mass is 9.99. The smallest absolute Gasteiger partial charge is 0.123 e. The van der Waals surface area contributed by atoms with Gasteiger partial charge in [-0.3, -0.25) is 0 Å². The molecule has 0 aliphatic carbocycles. The summed E-state index contributed by atoms with van der Waals surface area (Å²) in [5, 5.41) is 0.684. The summed E-state index contributed by atoms with van der Waals surface area (Å²) in [5.74, 6) is -0.213. The molecule has 1 aromatic carbocycles. The molecule has 100 valence electrons. The molecule has 2 aromatic rings. The maximum Gasteiger partial charge on any atom is 0.123 e. The molecule has 1 nitrogen and oxygen atoms in total. The first kappa shape index (κ1) is 15.1. The van der Waals surface area contributed by atoms with E-state index in [1.165, 1.54) is 6.07 Å². The van der Waals surface area contributed by atoms with Crippen LogP contribution >= 0.6 is 47.8 Å². The number of pyridine rings is 1. The van der Waals surface area contributed by atoms with Gasteiger partial charge in [-0.05, 0) is 52.2 Å². The van der Waals surface area contributed by atoms with E-state index < -0.39 is 0 Å². The van der Waals surface area contributed by atoms with Gasteiger partial charge in [-0.25, -0.2) is 9.37 Å². The van der Waals surface area contributed by atoms with Crippen molar-refractivity contribution in [2.24, 2.45) is 0 Å². The molecule has 0 unspecified atom stereocenters. The summed E-state index contributed by atoms with van der Waals surface area (Å²) >= 11 is 10.4. The van der Waals surface area contributed by atoms with Gasteiger partial charge in [0.1, 0.15) is 10.4 Å². The molecule has 2 rings (SSSR count). The molecule has 0 saturated heterocycles. The highest BCUT2D eigenvalue weighted by molar-refractivity contribution is 9.11. The van der Waals surface area contributed by atoms with E-state index in [0.29, 0.717) is 5.33 Å². The number of alkyl halides is 1. The fourth-order valence-corrected chi connectivity index (χ4v) is 4.15. The minimum absolute atomic E-state index is 0.213. The zero-order chi connectivity index (χ0) is 14.0. The summed E-state index contributed by atoms with van der Waals surface area (Å²) in [6.45, 7) is 2.01. The first-order valence-electron chi connectivity index (χ1n) is 5.76. The molecule has 0 aliphatic rings. The number of benzene rings is 1. The fourth-order valence-electron chi connectivity index (χ4n) is 1.95.